The van der Waals surface area contributed by atoms with Crippen molar-refractivity contribution < 1.29 is 10.3 Å². The average Bonchev–Trinajstić information content (AvgIpc) is 2.32. The lowest BCUT2D eigenvalue weighted by atomic mass is 10.1. The number of fused-ring (bicyclic) bond motifs is 1. The fourth-order valence-electron chi connectivity index (χ4n) is 1.36. The summed E-state index contributed by atoms with van der Waals surface area (Å²) in [6.45, 7) is 0.596. The van der Waals surface area contributed by atoms with Gasteiger partial charge >= 0.3 is 0 Å². The van der Waals surface area contributed by atoms with Crippen molar-refractivity contribution in [2.75, 3.05) is 11.6 Å². The topological polar surface area (TPSA) is 46.5 Å². The van der Waals surface area contributed by atoms with E-state index in [1.807, 2.05) is 0 Å². The van der Waals surface area contributed by atoms with Crippen molar-refractivity contribution in [3.63, 3.8) is 0 Å². The molecule has 0 bridgehead atoms. The lowest BCUT2D eigenvalue weighted by Gasteiger charge is -2.11. The van der Waals surface area contributed by atoms with E-state index >= 15 is 0 Å². The van der Waals surface area contributed by atoms with E-state index in [0.29, 0.717) is 6.54 Å². The van der Waals surface area contributed by atoms with E-state index in [9.17, 15) is 10.3 Å². The zero-order valence-corrected chi connectivity index (χ0v) is 5.95. The van der Waals surface area contributed by atoms with Crippen LogP contribution in [0.4, 0.5) is 5.69 Å². The highest BCUT2D eigenvalue weighted by Gasteiger charge is 2.15. The third-order valence-corrected chi connectivity index (χ3v) is 1.92. The molecular formula is C8H8NO2-. The van der Waals surface area contributed by atoms with Crippen LogP contribution in [0.15, 0.2) is 18.2 Å². The van der Waals surface area contributed by atoms with Crippen molar-refractivity contribution in [2.24, 2.45) is 0 Å². The molecule has 1 aliphatic heterocycles. The third kappa shape index (κ3) is 0.935. The smallest absolute Gasteiger partial charge is 0.0666 e. The van der Waals surface area contributed by atoms with Crippen LogP contribution in [-0.4, -0.2) is 11.8 Å². The minimum absolute atomic E-state index is 0.0130. The minimum atomic E-state index is 0.0130. The van der Waals surface area contributed by atoms with E-state index in [1.165, 1.54) is 11.1 Å². The summed E-state index contributed by atoms with van der Waals surface area (Å²) < 4.78 is 0. The molecule has 11 heavy (non-hydrogen) atoms. The van der Waals surface area contributed by atoms with E-state index in [2.05, 4.69) is 0 Å². The van der Waals surface area contributed by atoms with E-state index in [1.54, 1.807) is 12.1 Å². The van der Waals surface area contributed by atoms with Gasteiger partial charge in [-0.15, -0.1) is 5.75 Å². The second kappa shape index (κ2) is 2.13. The maximum absolute atomic E-state index is 10.8. The van der Waals surface area contributed by atoms with E-state index in [-0.39, 0.29) is 5.75 Å². The Hall–Kier alpha value is -1.22. The molecule has 0 unspecified atom stereocenters. The maximum Gasteiger partial charge on any atom is 0.0666 e. The lowest BCUT2D eigenvalue weighted by molar-refractivity contribution is -0.268. The fourth-order valence-corrected chi connectivity index (χ4v) is 1.36. The monoisotopic (exact) mass is 150 g/mol. The van der Waals surface area contributed by atoms with Gasteiger partial charge in [-0.25, -0.2) is 0 Å². The number of hydrogen-bond acceptors (Lipinski definition) is 3. The molecule has 0 atom stereocenters. The van der Waals surface area contributed by atoms with Crippen molar-refractivity contribution >= 4 is 5.69 Å². The van der Waals surface area contributed by atoms with Crippen LogP contribution in [0.5, 0.6) is 5.75 Å². The van der Waals surface area contributed by atoms with Gasteiger partial charge in [0.2, 0.25) is 0 Å². The van der Waals surface area contributed by atoms with Gasteiger partial charge in [0.25, 0.3) is 0 Å². The summed E-state index contributed by atoms with van der Waals surface area (Å²) in [4.78, 5) is 0. The predicted octanol–water partition coefficient (Wildman–Crippen LogP) is 0.512. The van der Waals surface area contributed by atoms with Crippen LogP contribution in [-0.2, 0) is 6.42 Å². The third-order valence-electron chi connectivity index (χ3n) is 1.92. The second-order valence-electron chi connectivity index (χ2n) is 2.66. The molecule has 2 rings (SSSR count). The normalized spacial score (nSPS) is 15.2. The highest BCUT2D eigenvalue weighted by molar-refractivity contribution is 5.57. The van der Waals surface area contributed by atoms with Gasteiger partial charge in [-0.1, -0.05) is 12.1 Å². The van der Waals surface area contributed by atoms with Gasteiger partial charge in [0.1, 0.15) is 0 Å². The summed E-state index contributed by atoms with van der Waals surface area (Å²) in [6, 6.07) is 4.70. The van der Waals surface area contributed by atoms with Crippen LogP contribution in [0.1, 0.15) is 5.56 Å². The molecule has 0 saturated carbocycles. The molecule has 3 nitrogen and oxygen atoms in total. The number of anilines is 1. The number of benzene rings is 1. The molecule has 0 amide bonds. The first-order chi connectivity index (χ1) is 5.27. The number of rotatable bonds is 0. The molecule has 0 aliphatic carbocycles. The van der Waals surface area contributed by atoms with Crippen LogP contribution in [0.25, 0.3) is 0 Å². The van der Waals surface area contributed by atoms with Crippen LogP contribution in [0.3, 0.4) is 0 Å². The molecule has 0 radical (unpaired) electrons. The molecule has 1 N–H and O–H groups in total. The van der Waals surface area contributed by atoms with Crippen LogP contribution < -0.4 is 10.2 Å². The van der Waals surface area contributed by atoms with Gasteiger partial charge in [-0.05, 0) is 18.1 Å². The first kappa shape index (κ1) is 6.49. The molecule has 0 spiro atoms. The Labute approximate surface area is 64.5 Å². The first-order valence-corrected chi connectivity index (χ1v) is 3.54. The molecule has 3 heteroatoms. The van der Waals surface area contributed by atoms with Gasteiger partial charge in [0.15, 0.2) is 0 Å². The molecule has 0 saturated heterocycles. The van der Waals surface area contributed by atoms with Gasteiger partial charge in [-0.2, -0.15) is 0 Å². The van der Waals surface area contributed by atoms with Gasteiger partial charge < -0.3 is 5.11 Å². The molecule has 1 aliphatic rings. The highest BCUT2D eigenvalue weighted by atomic mass is 16.5. The summed E-state index contributed by atoms with van der Waals surface area (Å²) in [6.07, 6.45) is 0.766. The SMILES string of the molecule is [O-]c1ccc2c(c1)CCN2O. The van der Waals surface area contributed by atoms with Crippen LogP contribution >= 0.6 is 0 Å². The summed E-state index contributed by atoms with van der Waals surface area (Å²) in [5, 5.41) is 21.2. The standard InChI is InChI=1S/C8H9NO2/c10-7-1-2-8-6(5-7)3-4-9(8)11/h1-2,5,10-11H,3-4H2/p-1. The molecule has 0 fully saturated rings. The van der Waals surface area contributed by atoms with Gasteiger partial charge in [0.05, 0.1) is 5.69 Å². The highest BCUT2D eigenvalue weighted by Crippen LogP contribution is 2.28. The quantitative estimate of drug-likeness (QED) is 0.586. The Morgan fingerprint density at radius 3 is 3.09 bits per heavy atom. The van der Waals surface area contributed by atoms with Crippen molar-refractivity contribution in [3.8, 4) is 5.75 Å². The van der Waals surface area contributed by atoms with Gasteiger partial charge in [-0.3, -0.25) is 10.3 Å². The zero-order chi connectivity index (χ0) is 7.84. The van der Waals surface area contributed by atoms with Crippen LogP contribution in [0.2, 0.25) is 0 Å². The van der Waals surface area contributed by atoms with Crippen molar-refractivity contribution in [1.82, 2.24) is 0 Å². The predicted molar refractivity (Wildman–Crippen MR) is 38.7 cm³/mol. The largest absolute Gasteiger partial charge is 0.872 e. The number of hydroxylamine groups is 1. The first-order valence-electron chi connectivity index (χ1n) is 3.54. The summed E-state index contributed by atoms with van der Waals surface area (Å²) in [7, 11) is 0. The molecule has 0 aromatic heterocycles. The van der Waals surface area contributed by atoms with Crippen LogP contribution in [0, 0.1) is 0 Å². The maximum atomic E-state index is 10.8. The molecular weight excluding hydrogens is 142 g/mol. The zero-order valence-electron chi connectivity index (χ0n) is 5.95. The summed E-state index contributed by atoms with van der Waals surface area (Å²) in [5.74, 6) is 0.0130. The Kier molecular flexibility index (Phi) is 1.26. The molecule has 1 heterocycles. The fraction of sp³-hybridized carbons (Fsp3) is 0.250. The van der Waals surface area contributed by atoms with Crippen molar-refractivity contribution in [1.29, 1.82) is 0 Å². The van der Waals surface area contributed by atoms with Crippen molar-refractivity contribution in [3.05, 3.63) is 23.8 Å². The Bertz CT molecular complexity index is 285. The Morgan fingerprint density at radius 1 is 1.45 bits per heavy atom. The van der Waals surface area contributed by atoms with Crippen molar-refractivity contribution in [2.45, 2.75) is 6.42 Å². The second-order valence-corrected chi connectivity index (χ2v) is 2.66. The van der Waals surface area contributed by atoms with Gasteiger partial charge in [0, 0.05) is 6.54 Å². The Morgan fingerprint density at radius 2 is 2.27 bits per heavy atom. The minimum Gasteiger partial charge on any atom is -0.872 e. The Balaban J connectivity index is 2.50. The molecule has 1 aromatic carbocycles. The summed E-state index contributed by atoms with van der Waals surface area (Å²) >= 11 is 0. The number of hydrogen-bond donors (Lipinski definition) is 1. The average molecular weight is 150 g/mol. The number of nitrogens with zero attached hydrogens (tertiary/aromatic N) is 1. The lowest BCUT2D eigenvalue weighted by Crippen LogP contribution is -2.13. The summed E-state index contributed by atoms with van der Waals surface area (Å²) in [5.41, 5.74) is 1.71. The molecule has 1 aromatic rings. The van der Waals surface area contributed by atoms with E-state index < -0.39 is 0 Å². The molecule has 58 valence electrons. The van der Waals surface area contributed by atoms with E-state index in [0.717, 1.165) is 17.7 Å². The van der Waals surface area contributed by atoms with E-state index in [4.69, 9.17) is 0 Å².